The van der Waals surface area contributed by atoms with Gasteiger partial charge in [-0.15, -0.1) is 24.0 Å². The summed E-state index contributed by atoms with van der Waals surface area (Å²) in [6.07, 6.45) is 6.84. The molecular formula is C20H33FIN3O2. The number of aliphatic imine (C=N–C) groups is 1. The first-order chi connectivity index (χ1) is 12.6. The van der Waals surface area contributed by atoms with Crippen molar-refractivity contribution >= 4 is 29.9 Å². The largest absolute Gasteiger partial charge is 0.494 e. The predicted octanol–water partition coefficient (Wildman–Crippen LogP) is 3.84. The number of hydrogen-bond donors (Lipinski definition) is 3. The average Bonchev–Trinajstić information content (AvgIpc) is 2.65. The van der Waals surface area contributed by atoms with Gasteiger partial charge in [0.2, 0.25) is 0 Å². The third-order valence-corrected chi connectivity index (χ3v) is 5.17. The first-order valence-electron chi connectivity index (χ1n) is 9.58. The molecule has 0 amide bonds. The summed E-state index contributed by atoms with van der Waals surface area (Å²) in [5.74, 6) is 0.597. The van der Waals surface area contributed by atoms with Crippen LogP contribution in [0.3, 0.4) is 0 Å². The van der Waals surface area contributed by atoms with Gasteiger partial charge in [0.05, 0.1) is 13.7 Å². The number of benzene rings is 1. The summed E-state index contributed by atoms with van der Waals surface area (Å²) < 4.78 is 18.8. The Morgan fingerprint density at radius 1 is 1.26 bits per heavy atom. The highest BCUT2D eigenvalue weighted by Gasteiger charge is 2.31. The number of nitrogens with one attached hydrogen (secondary N) is 2. The zero-order chi connectivity index (χ0) is 18.8. The van der Waals surface area contributed by atoms with Crippen molar-refractivity contribution in [2.75, 3.05) is 26.8 Å². The summed E-state index contributed by atoms with van der Waals surface area (Å²) >= 11 is 0. The van der Waals surface area contributed by atoms with Crippen molar-refractivity contribution in [1.29, 1.82) is 0 Å². The number of aliphatic hydroxyl groups excluding tert-OH is 1. The zero-order valence-corrected chi connectivity index (χ0v) is 18.7. The van der Waals surface area contributed by atoms with Gasteiger partial charge in [0.1, 0.15) is 0 Å². The van der Waals surface area contributed by atoms with Gasteiger partial charge in [0.15, 0.2) is 17.5 Å². The van der Waals surface area contributed by atoms with E-state index in [0.29, 0.717) is 6.54 Å². The monoisotopic (exact) mass is 493 g/mol. The Labute approximate surface area is 179 Å². The van der Waals surface area contributed by atoms with Crippen LogP contribution < -0.4 is 15.4 Å². The lowest BCUT2D eigenvalue weighted by Gasteiger charge is -2.37. The Bertz CT molecular complexity index is 587. The molecule has 5 nitrogen and oxygen atoms in total. The molecule has 0 aromatic heterocycles. The maximum absolute atomic E-state index is 13.8. The summed E-state index contributed by atoms with van der Waals surface area (Å²) in [6, 6.07) is 4.91. The Morgan fingerprint density at radius 3 is 2.59 bits per heavy atom. The molecule has 1 aliphatic rings. The summed E-state index contributed by atoms with van der Waals surface area (Å²) in [7, 11) is 1.46. The predicted molar refractivity (Wildman–Crippen MR) is 118 cm³/mol. The molecule has 0 atom stereocenters. The van der Waals surface area contributed by atoms with Crippen molar-refractivity contribution in [2.24, 2.45) is 10.4 Å². The summed E-state index contributed by atoms with van der Waals surface area (Å²) in [6.45, 7) is 4.20. The second-order valence-electron chi connectivity index (χ2n) is 7.05. The molecule has 0 spiro atoms. The third kappa shape index (κ3) is 7.44. The number of ether oxygens (including phenoxy) is 1. The van der Waals surface area contributed by atoms with E-state index in [4.69, 9.17) is 4.74 Å². The van der Waals surface area contributed by atoms with Crippen LogP contribution >= 0.6 is 24.0 Å². The number of halogens is 2. The van der Waals surface area contributed by atoms with Crippen molar-refractivity contribution in [2.45, 2.75) is 52.0 Å². The second kappa shape index (κ2) is 12.4. The number of aliphatic hydroxyl groups is 1. The quantitative estimate of drug-likeness (QED) is 0.293. The number of nitrogens with zero attached hydrogens (tertiary/aromatic N) is 1. The molecule has 1 fully saturated rings. The molecule has 1 aliphatic carbocycles. The number of hydrogen-bond acceptors (Lipinski definition) is 3. The molecule has 1 aromatic carbocycles. The van der Waals surface area contributed by atoms with E-state index >= 15 is 0 Å². The van der Waals surface area contributed by atoms with Gasteiger partial charge in [-0.3, -0.25) is 0 Å². The van der Waals surface area contributed by atoms with E-state index in [9.17, 15) is 9.50 Å². The Hall–Kier alpha value is -1.09. The molecule has 0 radical (unpaired) electrons. The summed E-state index contributed by atoms with van der Waals surface area (Å²) in [5, 5.41) is 16.1. The van der Waals surface area contributed by atoms with Gasteiger partial charge in [-0.2, -0.15) is 0 Å². The molecule has 7 heteroatoms. The van der Waals surface area contributed by atoms with Crippen molar-refractivity contribution in [3.8, 4) is 5.75 Å². The first-order valence-corrected chi connectivity index (χ1v) is 9.58. The van der Waals surface area contributed by atoms with Gasteiger partial charge in [0.25, 0.3) is 0 Å². The first kappa shape index (κ1) is 23.9. The Kier molecular flexibility index (Phi) is 11.0. The van der Waals surface area contributed by atoms with Gasteiger partial charge in [0, 0.05) is 19.7 Å². The normalized spacial score (nSPS) is 16.4. The van der Waals surface area contributed by atoms with E-state index in [-0.39, 0.29) is 47.6 Å². The molecule has 0 saturated heterocycles. The van der Waals surface area contributed by atoms with Gasteiger partial charge in [-0.05, 0) is 49.3 Å². The van der Waals surface area contributed by atoms with Crippen LogP contribution in [0.15, 0.2) is 23.2 Å². The molecule has 154 valence electrons. The summed E-state index contributed by atoms with van der Waals surface area (Å²) in [5.41, 5.74) is 0.943. The number of methoxy groups -OCH3 is 1. The highest BCUT2D eigenvalue weighted by Crippen LogP contribution is 2.38. The maximum Gasteiger partial charge on any atom is 0.191 e. The maximum atomic E-state index is 13.8. The van der Waals surface area contributed by atoms with Crippen molar-refractivity contribution < 1.29 is 14.2 Å². The molecule has 1 aromatic rings. The molecule has 3 N–H and O–H groups in total. The van der Waals surface area contributed by atoms with E-state index in [1.165, 1.54) is 32.4 Å². The third-order valence-electron chi connectivity index (χ3n) is 5.17. The second-order valence-corrected chi connectivity index (χ2v) is 7.05. The van der Waals surface area contributed by atoms with Crippen LogP contribution in [0.1, 0.15) is 51.0 Å². The lowest BCUT2D eigenvalue weighted by Crippen LogP contribution is -2.44. The minimum atomic E-state index is -0.373. The van der Waals surface area contributed by atoms with E-state index < -0.39 is 0 Å². The molecule has 0 aliphatic heterocycles. The zero-order valence-electron chi connectivity index (χ0n) is 16.4. The number of rotatable bonds is 8. The van der Waals surface area contributed by atoms with Gasteiger partial charge < -0.3 is 20.5 Å². The molecule has 0 unspecified atom stereocenters. The average molecular weight is 493 g/mol. The van der Waals surface area contributed by atoms with Crippen LogP contribution in [0.25, 0.3) is 0 Å². The molecule has 0 bridgehead atoms. The highest BCUT2D eigenvalue weighted by atomic mass is 127. The Balaban J connectivity index is 0.00000364. The van der Waals surface area contributed by atoms with Gasteiger partial charge in [-0.25, -0.2) is 9.38 Å². The SMILES string of the molecule is CCNC(=NCc1ccc(OC)c(F)c1)NCC1(CCO)CCCCC1.I. The van der Waals surface area contributed by atoms with Crippen molar-refractivity contribution in [1.82, 2.24) is 10.6 Å². The van der Waals surface area contributed by atoms with Crippen LogP contribution in [0.2, 0.25) is 0 Å². The van der Waals surface area contributed by atoms with Crippen molar-refractivity contribution in [3.63, 3.8) is 0 Å². The molecule has 2 rings (SSSR count). The minimum absolute atomic E-state index is 0. The fourth-order valence-electron chi connectivity index (χ4n) is 3.65. The van der Waals surface area contributed by atoms with E-state index in [1.807, 2.05) is 13.0 Å². The van der Waals surface area contributed by atoms with E-state index in [1.54, 1.807) is 6.07 Å². The molecular weight excluding hydrogens is 460 g/mol. The van der Waals surface area contributed by atoms with Gasteiger partial charge in [-0.1, -0.05) is 25.3 Å². The van der Waals surface area contributed by atoms with Crippen LogP contribution in [0.5, 0.6) is 5.75 Å². The summed E-state index contributed by atoms with van der Waals surface area (Å²) in [4.78, 5) is 4.58. The highest BCUT2D eigenvalue weighted by molar-refractivity contribution is 14.0. The lowest BCUT2D eigenvalue weighted by atomic mass is 9.72. The van der Waals surface area contributed by atoms with Crippen LogP contribution in [0.4, 0.5) is 4.39 Å². The molecule has 0 heterocycles. The van der Waals surface area contributed by atoms with Gasteiger partial charge >= 0.3 is 0 Å². The van der Waals surface area contributed by atoms with Crippen molar-refractivity contribution in [3.05, 3.63) is 29.6 Å². The standard InChI is InChI=1S/C20H32FN3O2.HI/c1-3-22-19(23-14-16-7-8-18(26-2)17(21)13-16)24-15-20(11-12-25)9-5-4-6-10-20;/h7-8,13,25H,3-6,9-12,14-15H2,1-2H3,(H2,22,23,24);1H. The molecule has 27 heavy (non-hydrogen) atoms. The van der Waals surface area contributed by atoms with Crippen LogP contribution in [-0.4, -0.2) is 37.9 Å². The van der Waals surface area contributed by atoms with Crippen LogP contribution in [-0.2, 0) is 6.54 Å². The minimum Gasteiger partial charge on any atom is -0.494 e. The molecule has 1 saturated carbocycles. The Morgan fingerprint density at radius 2 is 2.00 bits per heavy atom. The van der Waals surface area contributed by atoms with E-state index in [2.05, 4.69) is 15.6 Å². The fourth-order valence-corrected chi connectivity index (χ4v) is 3.65. The topological polar surface area (TPSA) is 65.9 Å². The fraction of sp³-hybridized carbons (Fsp3) is 0.650. The van der Waals surface area contributed by atoms with Crippen LogP contribution in [0, 0.1) is 11.2 Å². The number of guanidine groups is 1. The van der Waals surface area contributed by atoms with E-state index in [0.717, 1.165) is 43.9 Å². The lowest BCUT2D eigenvalue weighted by molar-refractivity contribution is 0.131. The smallest absolute Gasteiger partial charge is 0.191 e.